The monoisotopic (exact) mass is 538 g/mol. The summed E-state index contributed by atoms with van der Waals surface area (Å²) >= 11 is 0. The number of hydrogen-bond acceptors (Lipinski definition) is 8. The third-order valence-corrected chi connectivity index (χ3v) is 6.96. The molecule has 0 spiro atoms. The molecule has 37 heavy (non-hydrogen) atoms. The second kappa shape index (κ2) is 10.0. The summed E-state index contributed by atoms with van der Waals surface area (Å²) in [5.41, 5.74) is 1.21. The van der Waals surface area contributed by atoms with Crippen molar-refractivity contribution in [1.29, 1.82) is 0 Å². The molecule has 0 radical (unpaired) electrons. The van der Waals surface area contributed by atoms with E-state index in [2.05, 4.69) is 10.2 Å². The molecule has 0 aliphatic carbocycles. The third kappa shape index (κ3) is 5.95. The van der Waals surface area contributed by atoms with Crippen molar-refractivity contribution >= 4 is 54.2 Å². The van der Waals surface area contributed by atoms with Crippen LogP contribution < -0.4 is 0 Å². The Kier molecular flexibility index (Phi) is 7.01. The molecule has 0 fully saturated rings. The van der Waals surface area contributed by atoms with Crippen LogP contribution >= 0.6 is 0 Å². The summed E-state index contributed by atoms with van der Waals surface area (Å²) < 4.78 is 65.3. The second-order valence-electron chi connectivity index (χ2n) is 7.76. The molecular formula is C25H18N2O8S2. The molecule has 4 rings (SSSR count). The maximum atomic E-state index is 12.2. The van der Waals surface area contributed by atoms with Gasteiger partial charge in [0.15, 0.2) is 11.5 Å². The second-order valence-corrected chi connectivity index (χ2v) is 10.6. The zero-order valence-corrected chi connectivity index (χ0v) is 20.4. The topological polar surface area (TPSA) is 171 Å². The third-order valence-electron chi connectivity index (χ3n) is 5.24. The smallest absolute Gasteiger partial charge is 0.298 e. The van der Waals surface area contributed by atoms with Crippen LogP contribution in [0.3, 0.4) is 0 Å². The van der Waals surface area contributed by atoms with E-state index >= 15 is 0 Å². The lowest BCUT2D eigenvalue weighted by atomic mass is 10.1. The van der Waals surface area contributed by atoms with Crippen LogP contribution in [0.4, 0.5) is 11.4 Å². The Labute approximate surface area is 211 Å². The first-order valence-electron chi connectivity index (χ1n) is 10.5. The standard InChI is InChI=1S/C25H18N2O8S2/c28-22(17-4-2-1-3-5-17)13-8-16-6-9-19(10-7-16)26-27-24-21-12-11-20(36(30,31)32)14-18(21)15-23(25(24)29)37(33,34)35/h1-15,29H,(H,30,31,32)(H,33,34,35). The summed E-state index contributed by atoms with van der Waals surface area (Å²) in [4.78, 5) is 10.8. The van der Waals surface area contributed by atoms with Crippen LogP contribution in [0.2, 0.25) is 0 Å². The molecule has 0 heterocycles. The van der Waals surface area contributed by atoms with Crippen LogP contribution in [0, 0.1) is 0 Å². The van der Waals surface area contributed by atoms with Crippen LogP contribution in [0.5, 0.6) is 5.75 Å². The summed E-state index contributed by atoms with van der Waals surface area (Å²) in [5.74, 6) is -1.06. The molecular weight excluding hydrogens is 520 g/mol. The number of phenols is 1. The minimum Gasteiger partial charge on any atom is -0.504 e. The van der Waals surface area contributed by atoms with Crippen molar-refractivity contribution < 1.29 is 35.8 Å². The molecule has 0 aliphatic rings. The minimum atomic E-state index is -4.92. The van der Waals surface area contributed by atoms with E-state index in [-0.39, 0.29) is 22.2 Å². The quantitative estimate of drug-likeness (QED) is 0.122. The molecule has 3 N–H and O–H groups in total. The van der Waals surface area contributed by atoms with Gasteiger partial charge < -0.3 is 5.11 Å². The van der Waals surface area contributed by atoms with Crippen LogP contribution in [-0.2, 0) is 20.2 Å². The van der Waals surface area contributed by atoms with Crippen molar-refractivity contribution in [2.24, 2.45) is 10.2 Å². The molecule has 10 nitrogen and oxygen atoms in total. The van der Waals surface area contributed by atoms with E-state index in [1.54, 1.807) is 54.6 Å². The highest BCUT2D eigenvalue weighted by Crippen LogP contribution is 2.41. The Morgan fingerprint density at radius 1 is 0.784 bits per heavy atom. The lowest BCUT2D eigenvalue weighted by molar-refractivity contribution is 0.104. The zero-order valence-electron chi connectivity index (χ0n) is 18.8. The summed E-state index contributed by atoms with van der Waals surface area (Å²) in [6.07, 6.45) is 3.05. The van der Waals surface area contributed by atoms with Gasteiger partial charge in [0.25, 0.3) is 20.2 Å². The summed E-state index contributed by atoms with van der Waals surface area (Å²) in [6.45, 7) is 0. The van der Waals surface area contributed by atoms with E-state index in [0.717, 1.165) is 18.2 Å². The summed E-state index contributed by atoms with van der Waals surface area (Å²) in [7, 11) is -9.52. The fourth-order valence-corrected chi connectivity index (χ4v) is 4.55. The maximum Gasteiger partial charge on any atom is 0.298 e. The number of azo groups is 1. The van der Waals surface area contributed by atoms with Gasteiger partial charge in [0.05, 0.1) is 10.6 Å². The molecule has 4 aromatic rings. The fourth-order valence-electron chi connectivity index (χ4n) is 3.42. The molecule has 188 valence electrons. The number of carbonyl (C=O) groups excluding carboxylic acids is 1. The molecule has 0 aromatic heterocycles. The largest absolute Gasteiger partial charge is 0.504 e. The molecule has 0 saturated carbocycles. The van der Waals surface area contributed by atoms with Gasteiger partial charge in [-0.3, -0.25) is 13.9 Å². The Hall–Kier alpha value is -4.23. The van der Waals surface area contributed by atoms with Crippen LogP contribution in [0.15, 0.2) is 105 Å². The van der Waals surface area contributed by atoms with Crippen molar-refractivity contribution in [3.05, 3.63) is 96.1 Å². The highest BCUT2D eigenvalue weighted by atomic mass is 32.2. The van der Waals surface area contributed by atoms with E-state index in [1.807, 2.05) is 6.07 Å². The first-order chi connectivity index (χ1) is 17.4. The number of aromatic hydroxyl groups is 1. The lowest BCUT2D eigenvalue weighted by Gasteiger charge is -2.09. The number of ketones is 1. The Balaban J connectivity index is 1.68. The van der Waals surface area contributed by atoms with E-state index in [9.17, 15) is 35.8 Å². The van der Waals surface area contributed by atoms with Crippen molar-refractivity contribution in [2.75, 3.05) is 0 Å². The van der Waals surface area contributed by atoms with Crippen LogP contribution in [0.25, 0.3) is 16.8 Å². The molecule has 0 amide bonds. The van der Waals surface area contributed by atoms with E-state index in [0.29, 0.717) is 16.8 Å². The zero-order chi connectivity index (χ0) is 26.8. The van der Waals surface area contributed by atoms with Gasteiger partial charge in [0, 0.05) is 10.9 Å². The fraction of sp³-hybridized carbons (Fsp3) is 0. The van der Waals surface area contributed by atoms with Gasteiger partial charge in [-0.2, -0.15) is 21.9 Å². The van der Waals surface area contributed by atoms with Crippen molar-refractivity contribution in [1.82, 2.24) is 0 Å². The first kappa shape index (κ1) is 25.9. The summed E-state index contributed by atoms with van der Waals surface area (Å²) in [6, 6.07) is 19.3. The van der Waals surface area contributed by atoms with Gasteiger partial charge in [-0.1, -0.05) is 54.6 Å². The maximum absolute atomic E-state index is 12.2. The van der Waals surface area contributed by atoms with Crippen molar-refractivity contribution in [3.63, 3.8) is 0 Å². The van der Waals surface area contributed by atoms with E-state index < -0.39 is 35.8 Å². The van der Waals surface area contributed by atoms with Gasteiger partial charge in [0.2, 0.25) is 0 Å². The number of nitrogens with zero attached hydrogens (tertiary/aromatic N) is 2. The molecule has 0 saturated heterocycles. The van der Waals surface area contributed by atoms with E-state index in [1.165, 1.54) is 12.1 Å². The lowest BCUT2D eigenvalue weighted by Crippen LogP contribution is -2.00. The van der Waals surface area contributed by atoms with Crippen molar-refractivity contribution in [3.8, 4) is 5.75 Å². The van der Waals surface area contributed by atoms with Gasteiger partial charge in [0.1, 0.15) is 10.6 Å². The molecule has 0 atom stereocenters. The molecule has 12 heteroatoms. The van der Waals surface area contributed by atoms with Crippen molar-refractivity contribution in [2.45, 2.75) is 9.79 Å². The SMILES string of the molecule is O=C(C=Cc1ccc(N=Nc2c(O)c(S(=O)(=O)O)cc3cc(S(=O)(=O)O)ccc23)cc1)c1ccccc1. The molecule has 4 aromatic carbocycles. The number of hydrogen-bond donors (Lipinski definition) is 3. The number of carbonyl (C=O) groups is 1. The Morgan fingerprint density at radius 2 is 1.46 bits per heavy atom. The predicted octanol–water partition coefficient (Wildman–Crippen LogP) is 5.35. The predicted molar refractivity (Wildman–Crippen MR) is 136 cm³/mol. The van der Waals surface area contributed by atoms with Crippen LogP contribution in [0.1, 0.15) is 15.9 Å². The number of fused-ring (bicyclic) bond motifs is 1. The van der Waals surface area contributed by atoms with E-state index in [4.69, 9.17) is 0 Å². The average Bonchev–Trinajstić information content (AvgIpc) is 2.86. The minimum absolute atomic E-state index is 0.0435. The molecule has 0 unspecified atom stereocenters. The highest BCUT2D eigenvalue weighted by molar-refractivity contribution is 7.86. The Bertz CT molecular complexity index is 1780. The Morgan fingerprint density at radius 3 is 2.08 bits per heavy atom. The molecule has 0 aliphatic heterocycles. The van der Waals surface area contributed by atoms with Gasteiger partial charge in [-0.25, -0.2) is 0 Å². The van der Waals surface area contributed by atoms with Gasteiger partial charge in [-0.15, -0.1) is 5.11 Å². The van der Waals surface area contributed by atoms with Crippen LogP contribution in [-0.4, -0.2) is 36.8 Å². The average molecular weight is 539 g/mol. The molecule has 0 bridgehead atoms. The number of phenolic OH excluding ortho intramolecular Hbond substituents is 1. The summed E-state index contributed by atoms with van der Waals surface area (Å²) in [5, 5.41) is 18.5. The first-order valence-corrected chi connectivity index (χ1v) is 13.4. The van der Waals surface area contributed by atoms with Gasteiger partial charge >= 0.3 is 0 Å². The van der Waals surface area contributed by atoms with Gasteiger partial charge in [-0.05, 0) is 47.4 Å². The number of benzene rings is 4. The number of allylic oxidation sites excluding steroid dienone is 1. The number of rotatable bonds is 7. The highest BCUT2D eigenvalue weighted by Gasteiger charge is 2.23. The normalized spacial score (nSPS) is 12.5.